The van der Waals surface area contributed by atoms with Gasteiger partial charge in [0.25, 0.3) is 0 Å². The van der Waals surface area contributed by atoms with Gasteiger partial charge in [-0.15, -0.1) is 0 Å². The molecule has 1 heterocycles. The predicted octanol–water partition coefficient (Wildman–Crippen LogP) is 1.83. The monoisotopic (exact) mass is 133 g/mol. The second-order valence-electron chi connectivity index (χ2n) is 1.56. The fraction of sp³-hybridized carbons (Fsp3) is 0.600. The lowest BCUT2D eigenvalue weighted by Crippen LogP contribution is -2.07. The maximum atomic E-state index is 12.2. The summed E-state index contributed by atoms with van der Waals surface area (Å²) in [6, 6.07) is 0. The van der Waals surface area contributed by atoms with Crippen molar-refractivity contribution in [2.75, 3.05) is 0 Å². The van der Waals surface area contributed by atoms with Gasteiger partial charge >= 0.3 is 0 Å². The average Bonchev–Trinajstić information content (AvgIpc) is 2.14. The summed E-state index contributed by atoms with van der Waals surface area (Å²) in [5.41, 5.74) is -0.898. The van der Waals surface area contributed by atoms with Crippen LogP contribution in [-0.4, -0.2) is 5.63 Å². The predicted molar refractivity (Wildman–Crippen MR) is 34.0 cm³/mol. The maximum absolute atomic E-state index is 12.2. The molecule has 0 aromatic carbocycles. The number of halogens is 1. The van der Waals surface area contributed by atoms with Crippen LogP contribution in [-0.2, 0) is 0 Å². The molecule has 3 heteroatoms. The molecule has 8 heavy (non-hydrogen) atoms. The first-order chi connectivity index (χ1) is 3.83. The number of rotatable bonds is 1. The Balaban J connectivity index is 2.37. The van der Waals surface area contributed by atoms with Gasteiger partial charge in [-0.05, 0) is 6.42 Å². The van der Waals surface area contributed by atoms with Crippen molar-refractivity contribution in [1.29, 1.82) is 0 Å². The molecule has 0 bridgehead atoms. The fourth-order valence-electron chi connectivity index (χ4n) is 0.545. The summed E-state index contributed by atoms with van der Waals surface area (Å²) in [7, 11) is 0. The van der Waals surface area contributed by atoms with Gasteiger partial charge in [0, 0.05) is 11.1 Å². The standard InChI is InChI=1S/C5H8FNS/c1-2-4-3-7-5(6)8-4/h3,5,7H,2H2,1H3. The molecule has 0 saturated carbocycles. The molecule has 0 fully saturated rings. The molecule has 0 aromatic heterocycles. The van der Waals surface area contributed by atoms with Crippen LogP contribution in [0.5, 0.6) is 0 Å². The summed E-state index contributed by atoms with van der Waals surface area (Å²) in [6.45, 7) is 2.01. The van der Waals surface area contributed by atoms with Crippen LogP contribution >= 0.6 is 11.8 Å². The Morgan fingerprint density at radius 3 is 3.00 bits per heavy atom. The van der Waals surface area contributed by atoms with Crippen molar-refractivity contribution < 1.29 is 4.39 Å². The van der Waals surface area contributed by atoms with Crippen molar-refractivity contribution >= 4 is 11.8 Å². The molecular weight excluding hydrogens is 125 g/mol. The molecule has 1 atom stereocenters. The summed E-state index contributed by atoms with van der Waals surface area (Å²) in [5.74, 6) is 0. The lowest BCUT2D eigenvalue weighted by molar-refractivity contribution is 0.426. The molecule has 0 amide bonds. The van der Waals surface area contributed by atoms with Gasteiger partial charge in [0.2, 0.25) is 5.63 Å². The highest BCUT2D eigenvalue weighted by molar-refractivity contribution is 8.03. The highest BCUT2D eigenvalue weighted by atomic mass is 32.2. The molecule has 46 valence electrons. The van der Waals surface area contributed by atoms with Crippen LogP contribution in [0.3, 0.4) is 0 Å². The first-order valence-corrected chi connectivity index (χ1v) is 3.46. The smallest absolute Gasteiger partial charge is 0.221 e. The van der Waals surface area contributed by atoms with E-state index in [2.05, 4.69) is 5.32 Å². The first kappa shape index (κ1) is 5.95. The Kier molecular flexibility index (Phi) is 1.78. The lowest BCUT2D eigenvalue weighted by Gasteiger charge is -1.94. The minimum absolute atomic E-state index is 0.898. The Hall–Kier alpha value is -0.180. The van der Waals surface area contributed by atoms with Crippen LogP contribution in [0.25, 0.3) is 0 Å². The zero-order valence-corrected chi connectivity index (χ0v) is 5.46. The van der Waals surface area contributed by atoms with E-state index in [0.717, 1.165) is 11.3 Å². The number of hydrogen-bond donors (Lipinski definition) is 1. The highest BCUT2D eigenvalue weighted by Crippen LogP contribution is 2.27. The van der Waals surface area contributed by atoms with Gasteiger partial charge < -0.3 is 5.32 Å². The molecular formula is C5H8FNS. The van der Waals surface area contributed by atoms with Crippen LogP contribution in [0, 0.1) is 0 Å². The molecule has 1 unspecified atom stereocenters. The highest BCUT2D eigenvalue weighted by Gasteiger charge is 2.12. The van der Waals surface area contributed by atoms with Crippen LogP contribution < -0.4 is 5.32 Å². The van der Waals surface area contributed by atoms with E-state index in [1.54, 1.807) is 6.20 Å². The van der Waals surface area contributed by atoms with Gasteiger partial charge in [-0.2, -0.15) is 0 Å². The van der Waals surface area contributed by atoms with E-state index in [0.29, 0.717) is 0 Å². The number of hydrogen-bond acceptors (Lipinski definition) is 2. The second kappa shape index (κ2) is 2.40. The van der Waals surface area contributed by atoms with E-state index in [4.69, 9.17) is 0 Å². The molecule has 1 nitrogen and oxygen atoms in total. The van der Waals surface area contributed by atoms with Crippen LogP contribution in [0.4, 0.5) is 4.39 Å². The molecule has 1 rings (SSSR count). The Bertz CT molecular complexity index is 113. The third-order valence-corrected chi connectivity index (χ3v) is 2.03. The normalized spacial score (nSPS) is 27.2. The van der Waals surface area contributed by atoms with Crippen molar-refractivity contribution in [3.05, 3.63) is 11.1 Å². The topological polar surface area (TPSA) is 12.0 Å². The van der Waals surface area contributed by atoms with Crippen molar-refractivity contribution in [1.82, 2.24) is 5.32 Å². The van der Waals surface area contributed by atoms with E-state index in [1.165, 1.54) is 11.8 Å². The lowest BCUT2D eigenvalue weighted by atomic mass is 10.5. The molecule has 0 aromatic rings. The third kappa shape index (κ3) is 1.15. The summed E-state index contributed by atoms with van der Waals surface area (Å²) < 4.78 is 12.2. The van der Waals surface area contributed by atoms with Crippen LogP contribution in [0.15, 0.2) is 11.1 Å². The molecule has 1 N–H and O–H groups in total. The largest absolute Gasteiger partial charge is 0.353 e. The summed E-state index contributed by atoms with van der Waals surface area (Å²) in [5, 5.41) is 2.55. The van der Waals surface area contributed by atoms with Crippen LogP contribution in [0.2, 0.25) is 0 Å². The Morgan fingerprint density at radius 2 is 2.75 bits per heavy atom. The third-order valence-electron chi connectivity index (χ3n) is 0.979. The molecule has 0 spiro atoms. The summed E-state index contributed by atoms with van der Waals surface area (Å²) in [4.78, 5) is 1.09. The first-order valence-electron chi connectivity index (χ1n) is 2.58. The number of allylic oxidation sites excluding steroid dienone is 1. The zero-order valence-electron chi connectivity index (χ0n) is 4.65. The van der Waals surface area contributed by atoms with Gasteiger partial charge in [-0.1, -0.05) is 18.7 Å². The average molecular weight is 133 g/mol. The van der Waals surface area contributed by atoms with E-state index in [1.807, 2.05) is 6.92 Å². The van der Waals surface area contributed by atoms with Crippen molar-refractivity contribution in [2.45, 2.75) is 19.0 Å². The maximum Gasteiger partial charge on any atom is 0.221 e. The summed E-state index contributed by atoms with van der Waals surface area (Å²) >= 11 is 1.25. The van der Waals surface area contributed by atoms with Gasteiger partial charge in [-0.25, -0.2) is 4.39 Å². The Labute approximate surface area is 52.3 Å². The number of nitrogens with one attached hydrogen (secondary N) is 1. The quantitative estimate of drug-likeness (QED) is 0.548. The minimum Gasteiger partial charge on any atom is -0.353 e. The van der Waals surface area contributed by atoms with Crippen LogP contribution in [0.1, 0.15) is 13.3 Å². The Morgan fingerprint density at radius 1 is 2.00 bits per heavy atom. The van der Waals surface area contributed by atoms with Crippen molar-refractivity contribution in [3.63, 3.8) is 0 Å². The fourth-order valence-corrected chi connectivity index (χ4v) is 1.25. The van der Waals surface area contributed by atoms with Gasteiger partial charge in [0.15, 0.2) is 0 Å². The van der Waals surface area contributed by atoms with E-state index in [9.17, 15) is 4.39 Å². The number of thioether (sulfide) groups is 1. The van der Waals surface area contributed by atoms with E-state index in [-0.39, 0.29) is 0 Å². The molecule has 0 radical (unpaired) electrons. The minimum atomic E-state index is -0.898. The molecule has 1 aliphatic heterocycles. The van der Waals surface area contributed by atoms with E-state index < -0.39 is 5.63 Å². The molecule has 0 saturated heterocycles. The van der Waals surface area contributed by atoms with Gasteiger partial charge in [0.05, 0.1) is 0 Å². The van der Waals surface area contributed by atoms with Crippen molar-refractivity contribution in [3.8, 4) is 0 Å². The van der Waals surface area contributed by atoms with Crippen molar-refractivity contribution in [2.24, 2.45) is 0 Å². The van der Waals surface area contributed by atoms with E-state index >= 15 is 0 Å². The number of alkyl halides is 1. The second-order valence-corrected chi connectivity index (χ2v) is 2.74. The van der Waals surface area contributed by atoms with Gasteiger partial charge in [0.1, 0.15) is 0 Å². The summed E-state index contributed by atoms with van der Waals surface area (Å²) in [6.07, 6.45) is 2.66. The van der Waals surface area contributed by atoms with Gasteiger partial charge in [-0.3, -0.25) is 0 Å². The molecule has 1 aliphatic rings. The molecule has 0 aliphatic carbocycles. The SMILES string of the molecule is CCC1=CNC(F)S1. The zero-order chi connectivity index (χ0) is 5.98.